The lowest BCUT2D eigenvalue weighted by atomic mass is 10.2. The lowest BCUT2D eigenvalue weighted by Gasteiger charge is -2.13. The number of rotatable bonds is 4. The first-order chi connectivity index (χ1) is 11.7. The van der Waals surface area contributed by atoms with E-state index in [1.165, 1.54) is 24.3 Å². The van der Waals surface area contributed by atoms with Crippen molar-refractivity contribution in [3.8, 4) is 5.75 Å². The SMILES string of the molecule is O=C(Nc1cc(Cl)cc(OC(F)(F)F)c1)Nc1cc(Cl)ccc1CO. The Morgan fingerprint density at radius 2 is 1.80 bits per heavy atom. The average Bonchev–Trinajstić information content (AvgIpc) is 2.44. The molecule has 2 amide bonds. The van der Waals surface area contributed by atoms with E-state index in [4.69, 9.17) is 23.2 Å². The summed E-state index contributed by atoms with van der Waals surface area (Å²) in [6, 6.07) is 6.87. The molecule has 0 atom stereocenters. The molecule has 2 aromatic carbocycles. The quantitative estimate of drug-likeness (QED) is 0.680. The lowest BCUT2D eigenvalue weighted by Crippen LogP contribution is -2.21. The number of nitrogens with one attached hydrogen (secondary N) is 2. The normalized spacial score (nSPS) is 11.1. The first-order valence-electron chi connectivity index (χ1n) is 6.70. The number of carbonyl (C=O) groups is 1. The van der Waals surface area contributed by atoms with E-state index in [9.17, 15) is 23.1 Å². The minimum atomic E-state index is -4.89. The van der Waals surface area contributed by atoms with E-state index in [2.05, 4.69) is 15.4 Å². The number of urea groups is 1. The van der Waals surface area contributed by atoms with Gasteiger partial charge < -0.3 is 20.5 Å². The Labute approximate surface area is 150 Å². The van der Waals surface area contributed by atoms with Gasteiger partial charge in [0.15, 0.2) is 0 Å². The van der Waals surface area contributed by atoms with Crippen LogP contribution in [0.3, 0.4) is 0 Å². The Hall–Kier alpha value is -2.16. The number of hydrogen-bond donors (Lipinski definition) is 3. The second kappa shape index (κ2) is 7.81. The zero-order valence-corrected chi connectivity index (χ0v) is 13.8. The highest BCUT2D eigenvalue weighted by atomic mass is 35.5. The second-order valence-corrected chi connectivity index (χ2v) is 5.63. The molecule has 0 unspecified atom stereocenters. The molecule has 0 spiro atoms. The number of amides is 2. The van der Waals surface area contributed by atoms with E-state index < -0.39 is 18.1 Å². The van der Waals surface area contributed by atoms with Crippen LogP contribution in [0.15, 0.2) is 36.4 Å². The van der Waals surface area contributed by atoms with Crippen LogP contribution in [0.4, 0.5) is 29.3 Å². The molecule has 0 aliphatic heterocycles. The fraction of sp³-hybridized carbons (Fsp3) is 0.133. The third-order valence-electron chi connectivity index (χ3n) is 2.85. The summed E-state index contributed by atoms with van der Waals surface area (Å²) < 4.78 is 40.6. The van der Waals surface area contributed by atoms with Gasteiger partial charge in [-0.15, -0.1) is 13.2 Å². The Bertz CT molecular complexity index is 785. The molecular weight excluding hydrogens is 384 g/mol. The number of anilines is 2. The molecule has 10 heteroatoms. The summed E-state index contributed by atoms with van der Waals surface area (Å²) >= 11 is 11.5. The minimum Gasteiger partial charge on any atom is -0.406 e. The zero-order valence-electron chi connectivity index (χ0n) is 12.3. The highest BCUT2D eigenvalue weighted by Gasteiger charge is 2.31. The van der Waals surface area contributed by atoms with Crippen molar-refractivity contribution >= 4 is 40.6 Å². The number of ether oxygens (including phenoxy) is 1. The Morgan fingerprint density at radius 3 is 2.44 bits per heavy atom. The van der Waals surface area contributed by atoms with E-state index in [0.717, 1.165) is 12.1 Å². The first kappa shape index (κ1) is 19.2. The smallest absolute Gasteiger partial charge is 0.406 e. The molecule has 0 saturated heterocycles. The van der Waals surface area contributed by atoms with Crippen LogP contribution in [0, 0.1) is 0 Å². The van der Waals surface area contributed by atoms with Gasteiger partial charge in [-0.1, -0.05) is 29.3 Å². The molecule has 0 aliphatic carbocycles. The monoisotopic (exact) mass is 394 g/mol. The van der Waals surface area contributed by atoms with Crippen molar-refractivity contribution in [1.82, 2.24) is 0 Å². The minimum absolute atomic E-state index is 0.0168. The molecule has 0 heterocycles. The summed E-state index contributed by atoms with van der Waals surface area (Å²) in [7, 11) is 0. The van der Waals surface area contributed by atoms with Crippen LogP contribution < -0.4 is 15.4 Å². The van der Waals surface area contributed by atoms with E-state index in [1.807, 2.05) is 0 Å². The number of aliphatic hydroxyl groups excluding tert-OH is 1. The zero-order chi connectivity index (χ0) is 18.6. The predicted molar refractivity (Wildman–Crippen MR) is 88.2 cm³/mol. The number of aliphatic hydroxyl groups is 1. The van der Waals surface area contributed by atoms with Crippen molar-refractivity contribution < 1.29 is 27.8 Å². The molecule has 134 valence electrons. The van der Waals surface area contributed by atoms with E-state index in [0.29, 0.717) is 10.6 Å². The molecule has 25 heavy (non-hydrogen) atoms. The van der Waals surface area contributed by atoms with Crippen LogP contribution in [0.2, 0.25) is 10.0 Å². The van der Waals surface area contributed by atoms with Crippen molar-refractivity contribution in [2.45, 2.75) is 13.0 Å². The Morgan fingerprint density at radius 1 is 1.08 bits per heavy atom. The summed E-state index contributed by atoms with van der Waals surface area (Å²) in [6.45, 7) is -0.340. The van der Waals surface area contributed by atoms with Gasteiger partial charge in [-0.05, 0) is 24.3 Å². The fourth-order valence-corrected chi connectivity index (χ4v) is 2.31. The van der Waals surface area contributed by atoms with Crippen LogP contribution in [-0.2, 0) is 6.61 Å². The predicted octanol–water partition coefficient (Wildman–Crippen LogP) is 5.03. The third-order valence-corrected chi connectivity index (χ3v) is 3.31. The maximum Gasteiger partial charge on any atom is 0.573 e. The van der Waals surface area contributed by atoms with E-state index >= 15 is 0 Å². The number of halogens is 5. The third kappa shape index (κ3) is 6.00. The molecule has 0 fully saturated rings. The molecule has 0 aliphatic rings. The van der Waals surface area contributed by atoms with Crippen molar-refractivity contribution in [3.63, 3.8) is 0 Å². The van der Waals surface area contributed by atoms with Gasteiger partial charge in [-0.2, -0.15) is 0 Å². The first-order valence-corrected chi connectivity index (χ1v) is 7.45. The molecule has 2 aromatic rings. The van der Waals surface area contributed by atoms with Gasteiger partial charge in [0, 0.05) is 33.0 Å². The average molecular weight is 395 g/mol. The molecule has 0 saturated carbocycles. The second-order valence-electron chi connectivity index (χ2n) is 4.76. The number of alkyl halides is 3. The molecule has 0 radical (unpaired) electrons. The molecule has 0 bridgehead atoms. The maximum atomic E-state index is 12.3. The van der Waals surface area contributed by atoms with Gasteiger partial charge >= 0.3 is 12.4 Å². The van der Waals surface area contributed by atoms with Gasteiger partial charge in [0.1, 0.15) is 5.75 Å². The summed E-state index contributed by atoms with van der Waals surface area (Å²) in [5, 5.41) is 14.3. The topological polar surface area (TPSA) is 70.6 Å². The van der Waals surface area contributed by atoms with Crippen LogP contribution in [0.5, 0.6) is 5.75 Å². The maximum absolute atomic E-state index is 12.3. The lowest BCUT2D eigenvalue weighted by molar-refractivity contribution is -0.274. The van der Waals surface area contributed by atoms with Gasteiger partial charge in [-0.3, -0.25) is 0 Å². The molecule has 5 nitrogen and oxygen atoms in total. The van der Waals surface area contributed by atoms with Gasteiger partial charge in [-0.25, -0.2) is 4.79 Å². The van der Waals surface area contributed by atoms with Gasteiger partial charge in [0.05, 0.1) is 6.61 Å². The molecular formula is C15H11Cl2F3N2O3. The molecule has 0 aromatic heterocycles. The highest BCUT2D eigenvalue weighted by Crippen LogP contribution is 2.29. The molecule has 2 rings (SSSR count). The summed E-state index contributed by atoms with van der Waals surface area (Å²) in [4.78, 5) is 12.0. The van der Waals surface area contributed by atoms with Crippen LogP contribution >= 0.6 is 23.2 Å². The van der Waals surface area contributed by atoms with E-state index in [-0.39, 0.29) is 23.0 Å². The van der Waals surface area contributed by atoms with Crippen molar-refractivity contribution in [2.75, 3.05) is 10.6 Å². The van der Waals surface area contributed by atoms with Crippen molar-refractivity contribution in [1.29, 1.82) is 0 Å². The summed E-state index contributed by atoms with van der Waals surface area (Å²) in [5.74, 6) is -0.575. The summed E-state index contributed by atoms with van der Waals surface area (Å²) in [5.41, 5.74) is 0.643. The molecule has 3 N–H and O–H groups in total. The van der Waals surface area contributed by atoms with Crippen LogP contribution in [0.25, 0.3) is 0 Å². The number of hydrogen-bond acceptors (Lipinski definition) is 3. The highest BCUT2D eigenvalue weighted by molar-refractivity contribution is 6.31. The Balaban J connectivity index is 2.14. The standard InChI is InChI=1S/C15H11Cl2F3N2O3/c16-9-2-1-8(7-23)13(5-9)22-14(24)21-11-3-10(17)4-12(6-11)25-15(18,19)20/h1-6,23H,7H2,(H2,21,22,24). The van der Waals surface area contributed by atoms with Crippen LogP contribution in [0.1, 0.15) is 5.56 Å². The van der Waals surface area contributed by atoms with Crippen molar-refractivity contribution in [2.24, 2.45) is 0 Å². The van der Waals surface area contributed by atoms with Crippen LogP contribution in [-0.4, -0.2) is 17.5 Å². The largest absolute Gasteiger partial charge is 0.573 e. The van der Waals surface area contributed by atoms with Gasteiger partial charge in [0.25, 0.3) is 0 Å². The van der Waals surface area contributed by atoms with Crippen molar-refractivity contribution in [3.05, 3.63) is 52.0 Å². The number of carbonyl (C=O) groups excluding carboxylic acids is 1. The number of benzene rings is 2. The van der Waals surface area contributed by atoms with E-state index in [1.54, 1.807) is 0 Å². The van der Waals surface area contributed by atoms with Gasteiger partial charge in [0.2, 0.25) is 0 Å². The summed E-state index contributed by atoms with van der Waals surface area (Å²) in [6.07, 6.45) is -4.89. The Kier molecular flexibility index (Phi) is 5.99. The fourth-order valence-electron chi connectivity index (χ4n) is 1.92.